The van der Waals surface area contributed by atoms with Gasteiger partial charge in [-0.15, -0.1) is 0 Å². The van der Waals surface area contributed by atoms with Crippen LogP contribution in [0, 0.1) is 5.82 Å². The number of phenolic OH excluding ortho intramolecular Hbond substituents is 1. The molecule has 5 heteroatoms. The SMILES string of the molecule is Cn1c(-c2cc(-c3cccc(C(C)(C)c4ccccc4)c3)ccc2O)nc2c(-c3cc(-c4cc(-c5ccc(F)cc5)ccn4)cc4c3Cc3ccccc3-4)cccc21. The first-order valence-electron chi connectivity index (χ1n) is 19.7. The Kier molecular flexibility index (Phi) is 8.41. The van der Waals surface area contributed by atoms with E-state index in [9.17, 15) is 9.50 Å². The van der Waals surface area contributed by atoms with Gasteiger partial charge in [0.25, 0.3) is 0 Å². The first-order valence-corrected chi connectivity index (χ1v) is 19.7. The standard InChI is InChI=1S/C53H40FN3O/c1-53(2,39-13-5-4-6-14-39)40-15-9-12-34(27-40)35-21-24-50(58)47(28-35)52-56-51-43(17-10-18-49(51)57(52)3)45-31-38(30-44-42-16-8-7-11-37(42)29-46(44)45)48-32-36(25-26-55-48)33-19-22-41(54)23-20-33/h4-28,30-32,58H,29H2,1-3H3. The Bertz CT molecular complexity index is 3040. The molecule has 2 aromatic heterocycles. The van der Waals surface area contributed by atoms with Crippen LogP contribution < -0.4 is 0 Å². The summed E-state index contributed by atoms with van der Waals surface area (Å²) in [4.78, 5) is 10.2. The Labute approximate surface area is 337 Å². The molecule has 0 atom stereocenters. The van der Waals surface area contributed by atoms with Gasteiger partial charge in [-0.25, -0.2) is 9.37 Å². The van der Waals surface area contributed by atoms with E-state index in [1.807, 2.05) is 25.4 Å². The molecule has 1 aliphatic rings. The van der Waals surface area contributed by atoms with Gasteiger partial charge in [0.1, 0.15) is 17.4 Å². The molecule has 0 saturated heterocycles. The molecule has 1 N–H and O–H groups in total. The molecule has 0 radical (unpaired) electrons. The Balaban J connectivity index is 1.10. The fraction of sp³-hybridized carbons (Fsp3) is 0.0943. The number of hydrogen-bond donors (Lipinski definition) is 1. The van der Waals surface area contributed by atoms with Gasteiger partial charge in [0.15, 0.2) is 0 Å². The van der Waals surface area contributed by atoms with Crippen molar-refractivity contribution in [2.24, 2.45) is 7.05 Å². The van der Waals surface area contributed by atoms with E-state index in [1.165, 1.54) is 45.5 Å². The van der Waals surface area contributed by atoms with Crippen LogP contribution in [0.2, 0.25) is 0 Å². The zero-order chi connectivity index (χ0) is 39.5. The summed E-state index contributed by atoms with van der Waals surface area (Å²) in [5.74, 6) is 0.602. The molecule has 0 unspecified atom stereocenters. The zero-order valence-corrected chi connectivity index (χ0v) is 32.5. The maximum Gasteiger partial charge on any atom is 0.144 e. The third-order valence-corrected chi connectivity index (χ3v) is 12.0. The quantitative estimate of drug-likeness (QED) is 0.176. The Morgan fingerprint density at radius 2 is 1.22 bits per heavy atom. The van der Waals surface area contributed by atoms with Crippen molar-refractivity contribution in [2.75, 3.05) is 0 Å². The van der Waals surface area contributed by atoms with Gasteiger partial charge in [-0.1, -0.05) is 123 Å². The second kappa shape index (κ2) is 13.8. The smallest absolute Gasteiger partial charge is 0.144 e. The van der Waals surface area contributed by atoms with Crippen molar-refractivity contribution >= 4 is 11.0 Å². The van der Waals surface area contributed by atoms with Crippen LogP contribution in [-0.2, 0) is 18.9 Å². The highest BCUT2D eigenvalue weighted by Crippen LogP contribution is 2.46. The first kappa shape index (κ1) is 35.3. The van der Waals surface area contributed by atoms with Crippen molar-refractivity contribution in [1.29, 1.82) is 0 Å². The predicted molar refractivity (Wildman–Crippen MR) is 234 cm³/mol. The first-order chi connectivity index (χ1) is 28.2. The third-order valence-electron chi connectivity index (χ3n) is 12.0. The summed E-state index contributed by atoms with van der Waals surface area (Å²) in [6, 6.07) is 55.1. The van der Waals surface area contributed by atoms with Crippen molar-refractivity contribution in [3.8, 4) is 72.9 Å². The predicted octanol–water partition coefficient (Wildman–Crippen LogP) is 13.0. The van der Waals surface area contributed by atoms with Crippen molar-refractivity contribution < 1.29 is 9.50 Å². The molecular weight excluding hydrogens is 714 g/mol. The molecule has 280 valence electrons. The second-order valence-electron chi connectivity index (χ2n) is 15.8. The number of rotatable bonds is 7. The maximum atomic E-state index is 13.8. The molecule has 4 nitrogen and oxygen atoms in total. The van der Waals surface area contributed by atoms with Crippen LogP contribution in [-0.4, -0.2) is 19.6 Å². The van der Waals surface area contributed by atoms with E-state index in [0.717, 1.165) is 62.1 Å². The Morgan fingerprint density at radius 1 is 0.569 bits per heavy atom. The average molecular weight is 754 g/mol. The van der Waals surface area contributed by atoms with E-state index in [1.54, 1.807) is 18.2 Å². The zero-order valence-electron chi connectivity index (χ0n) is 32.5. The van der Waals surface area contributed by atoms with Crippen LogP contribution in [0.4, 0.5) is 4.39 Å². The van der Waals surface area contributed by atoms with E-state index >= 15 is 0 Å². The third kappa shape index (κ3) is 5.98. The summed E-state index contributed by atoms with van der Waals surface area (Å²) in [7, 11) is 2.02. The van der Waals surface area contributed by atoms with Crippen LogP contribution in [0.15, 0.2) is 170 Å². The highest BCUT2D eigenvalue weighted by Gasteiger charge is 2.27. The molecule has 0 fully saturated rings. The number of benzene rings is 7. The van der Waals surface area contributed by atoms with Gasteiger partial charge in [0.2, 0.25) is 0 Å². The topological polar surface area (TPSA) is 50.9 Å². The van der Waals surface area contributed by atoms with Gasteiger partial charge >= 0.3 is 0 Å². The van der Waals surface area contributed by atoms with E-state index in [4.69, 9.17) is 9.97 Å². The second-order valence-corrected chi connectivity index (χ2v) is 15.8. The van der Waals surface area contributed by atoms with Crippen LogP contribution in [0.5, 0.6) is 5.75 Å². The maximum absolute atomic E-state index is 13.8. The highest BCUT2D eigenvalue weighted by molar-refractivity contribution is 5.99. The lowest BCUT2D eigenvalue weighted by Gasteiger charge is -2.26. The monoisotopic (exact) mass is 753 g/mol. The number of nitrogens with zero attached hydrogens (tertiary/aromatic N) is 3. The van der Waals surface area contributed by atoms with Gasteiger partial charge in [-0.3, -0.25) is 4.98 Å². The molecule has 7 aromatic carbocycles. The largest absolute Gasteiger partial charge is 0.507 e. The number of para-hydroxylation sites is 1. The van der Waals surface area contributed by atoms with Crippen molar-refractivity contribution in [3.05, 3.63) is 198 Å². The summed E-state index contributed by atoms with van der Waals surface area (Å²) in [6.07, 6.45) is 2.63. The number of hydrogen-bond acceptors (Lipinski definition) is 3. The lowest BCUT2D eigenvalue weighted by Crippen LogP contribution is -2.18. The number of aromatic hydroxyl groups is 1. The summed E-state index contributed by atoms with van der Waals surface area (Å²) >= 11 is 0. The molecule has 0 spiro atoms. The van der Waals surface area contributed by atoms with Gasteiger partial charge in [-0.05, 0) is 122 Å². The van der Waals surface area contributed by atoms with Crippen molar-refractivity contribution in [2.45, 2.75) is 25.7 Å². The van der Waals surface area contributed by atoms with Gasteiger partial charge in [0.05, 0.1) is 22.3 Å². The number of phenols is 1. The normalized spacial score (nSPS) is 12.1. The Morgan fingerprint density at radius 3 is 2.05 bits per heavy atom. The minimum absolute atomic E-state index is 0.176. The molecule has 2 heterocycles. The molecule has 1 aliphatic carbocycles. The number of imidazole rings is 1. The minimum Gasteiger partial charge on any atom is -0.507 e. The molecule has 0 bridgehead atoms. The van der Waals surface area contributed by atoms with Crippen LogP contribution in [0.25, 0.3) is 78.2 Å². The number of aryl methyl sites for hydroxylation is 1. The van der Waals surface area contributed by atoms with E-state index in [0.29, 0.717) is 11.4 Å². The van der Waals surface area contributed by atoms with E-state index < -0.39 is 0 Å². The summed E-state index contributed by atoms with van der Waals surface area (Å²) in [5, 5.41) is 11.4. The molecule has 9 aromatic rings. The number of fused-ring (bicyclic) bond motifs is 4. The van der Waals surface area contributed by atoms with Crippen molar-refractivity contribution in [1.82, 2.24) is 14.5 Å². The average Bonchev–Trinajstić information content (AvgIpc) is 3.81. The van der Waals surface area contributed by atoms with E-state index in [2.05, 4.69) is 140 Å². The minimum atomic E-state index is -0.261. The molecule has 0 amide bonds. The lowest BCUT2D eigenvalue weighted by atomic mass is 9.77. The molecule has 10 rings (SSSR count). The molecular formula is C53H40FN3O. The van der Waals surface area contributed by atoms with Crippen LogP contribution >= 0.6 is 0 Å². The summed E-state index contributed by atoms with van der Waals surface area (Å²) in [5.41, 5.74) is 17.7. The highest BCUT2D eigenvalue weighted by atomic mass is 19.1. The van der Waals surface area contributed by atoms with Crippen LogP contribution in [0.3, 0.4) is 0 Å². The number of halogens is 1. The fourth-order valence-electron chi connectivity index (χ4n) is 8.71. The molecule has 0 saturated carbocycles. The molecule has 58 heavy (non-hydrogen) atoms. The van der Waals surface area contributed by atoms with Gasteiger partial charge in [0, 0.05) is 29.8 Å². The van der Waals surface area contributed by atoms with E-state index in [-0.39, 0.29) is 17.0 Å². The van der Waals surface area contributed by atoms with Crippen LogP contribution in [0.1, 0.15) is 36.1 Å². The van der Waals surface area contributed by atoms with Gasteiger partial charge in [-0.2, -0.15) is 0 Å². The number of pyridine rings is 1. The lowest BCUT2D eigenvalue weighted by molar-refractivity contribution is 0.476. The summed E-state index contributed by atoms with van der Waals surface area (Å²) in [6.45, 7) is 4.51. The van der Waals surface area contributed by atoms with Gasteiger partial charge < -0.3 is 9.67 Å². The summed E-state index contributed by atoms with van der Waals surface area (Å²) < 4.78 is 15.9. The van der Waals surface area contributed by atoms with Crippen molar-refractivity contribution in [3.63, 3.8) is 0 Å². The molecule has 0 aliphatic heterocycles. The number of aromatic nitrogens is 3. The Hall–Kier alpha value is -7.11. The fourth-order valence-corrected chi connectivity index (χ4v) is 8.71.